The molecular weight excluding hydrogens is 358 g/mol. The first-order chi connectivity index (χ1) is 13.0. The molecule has 4 rings (SSSR count). The zero-order valence-corrected chi connectivity index (χ0v) is 13.7. The van der Waals surface area contributed by atoms with E-state index < -0.39 is 12.5 Å². The lowest BCUT2D eigenvalue weighted by molar-refractivity contribution is -0.0526. The third kappa shape index (κ3) is 2.97. The van der Waals surface area contributed by atoms with Gasteiger partial charge < -0.3 is 10.5 Å². The zero-order chi connectivity index (χ0) is 19.0. The van der Waals surface area contributed by atoms with Crippen LogP contribution in [-0.4, -0.2) is 36.9 Å². The first-order valence-electron chi connectivity index (χ1n) is 7.78. The summed E-state index contributed by atoms with van der Waals surface area (Å²) in [6.45, 7) is -3.10. The highest BCUT2D eigenvalue weighted by molar-refractivity contribution is 6.05. The molecule has 8 nitrogen and oxygen atoms in total. The Morgan fingerprint density at radius 1 is 1.15 bits per heavy atom. The van der Waals surface area contributed by atoms with Crippen molar-refractivity contribution in [3.8, 4) is 22.8 Å². The van der Waals surface area contributed by atoms with Gasteiger partial charge in [-0.3, -0.25) is 4.79 Å². The Labute approximate surface area is 150 Å². The van der Waals surface area contributed by atoms with E-state index in [0.717, 1.165) is 0 Å². The number of para-hydroxylation sites is 1. The monoisotopic (exact) mass is 370 g/mol. The molecule has 0 bridgehead atoms. The SMILES string of the molecule is NC(=O)c1c(-c2cn(-c3ccccc3)nc2OC(F)F)nn2cccnc12. The van der Waals surface area contributed by atoms with Gasteiger partial charge in [-0.2, -0.15) is 13.9 Å². The Morgan fingerprint density at radius 3 is 2.63 bits per heavy atom. The fourth-order valence-electron chi connectivity index (χ4n) is 2.71. The summed E-state index contributed by atoms with van der Waals surface area (Å²) in [6.07, 6.45) is 4.48. The quantitative estimate of drug-likeness (QED) is 0.581. The molecule has 0 saturated carbocycles. The Bertz CT molecular complexity index is 1120. The average molecular weight is 370 g/mol. The van der Waals surface area contributed by atoms with Crippen molar-refractivity contribution in [1.29, 1.82) is 0 Å². The fraction of sp³-hybridized carbons (Fsp3) is 0.0588. The number of rotatable bonds is 5. The number of primary amides is 1. The summed E-state index contributed by atoms with van der Waals surface area (Å²) >= 11 is 0. The highest BCUT2D eigenvalue weighted by Crippen LogP contribution is 2.33. The molecular formula is C17H12F2N6O2. The van der Waals surface area contributed by atoms with E-state index in [1.807, 2.05) is 6.07 Å². The van der Waals surface area contributed by atoms with E-state index in [2.05, 4.69) is 19.9 Å². The fourth-order valence-corrected chi connectivity index (χ4v) is 2.71. The molecule has 0 atom stereocenters. The number of halogens is 2. The number of nitrogens with zero attached hydrogens (tertiary/aromatic N) is 5. The van der Waals surface area contributed by atoms with Crippen molar-refractivity contribution in [3.05, 3.63) is 60.6 Å². The molecule has 10 heteroatoms. The number of hydrogen-bond donors (Lipinski definition) is 1. The van der Waals surface area contributed by atoms with Gasteiger partial charge in [-0.15, -0.1) is 5.10 Å². The van der Waals surface area contributed by atoms with Crippen molar-refractivity contribution >= 4 is 11.6 Å². The summed E-state index contributed by atoms with van der Waals surface area (Å²) in [5.41, 5.74) is 6.44. The molecule has 0 saturated heterocycles. The minimum Gasteiger partial charge on any atom is -0.415 e. The van der Waals surface area contributed by atoms with Crippen LogP contribution in [0.1, 0.15) is 10.4 Å². The number of nitrogens with two attached hydrogens (primary N) is 1. The predicted octanol–water partition coefficient (Wildman–Crippen LogP) is 2.28. The van der Waals surface area contributed by atoms with Crippen molar-refractivity contribution in [2.45, 2.75) is 6.61 Å². The van der Waals surface area contributed by atoms with Gasteiger partial charge in [-0.1, -0.05) is 18.2 Å². The van der Waals surface area contributed by atoms with Crippen LogP contribution in [0.4, 0.5) is 8.78 Å². The molecule has 3 heterocycles. The molecule has 2 N–H and O–H groups in total. The minimum atomic E-state index is -3.10. The van der Waals surface area contributed by atoms with Gasteiger partial charge in [0.15, 0.2) is 5.65 Å². The number of carbonyl (C=O) groups excluding carboxylic acids is 1. The first kappa shape index (κ1) is 16.6. The van der Waals surface area contributed by atoms with Gasteiger partial charge in [0, 0.05) is 18.6 Å². The molecule has 0 aliphatic heterocycles. The Morgan fingerprint density at radius 2 is 1.93 bits per heavy atom. The summed E-state index contributed by atoms with van der Waals surface area (Å²) < 4.78 is 33.0. The van der Waals surface area contributed by atoms with Crippen molar-refractivity contribution in [2.75, 3.05) is 0 Å². The highest BCUT2D eigenvalue weighted by Gasteiger charge is 2.26. The zero-order valence-electron chi connectivity index (χ0n) is 13.7. The van der Waals surface area contributed by atoms with Crippen molar-refractivity contribution < 1.29 is 18.3 Å². The minimum absolute atomic E-state index is 0.0117. The largest absolute Gasteiger partial charge is 0.415 e. The van der Waals surface area contributed by atoms with Crippen LogP contribution in [-0.2, 0) is 0 Å². The average Bonchev–Trinajstić information content (AvgIpc) is 3.23. The van der Waals surface area contributed by atoms with E-state index in [-0.39, 0.29) is 28.3 Å². The van der Waals surface area contributed by atoms with Gasteiger partial charge >= 0.3 is 6.61 Å². The molecule has 0 aliphatic carbocycles. The summed E-state index contributed by atoms with van der Waals surface area (Å²) in [5, 5.41) is 8.31. The third-order valence-corrected chi connectivity index (χ3v) is 3.80. The number of fused-ring (bicyclic) bond motifs is 1. The summed E-state index contributed by atoms with van der Waals surface area (Å²) in [7, 11) is 0. The molecule has 27 heavy (non-hydrogen) atoms. The Balaban J connectivity index is 1.95. The van der Waals surface area contributed by atoms with Crippen molar-refractivity contribution in [3.63, 3.8) is 0 Å². The van der Waals surface area contributed by atoms with Crippen LogP contribution in [0.5, 0.6) is 5.88 Å². The van der Waals surface area contributed by atoms with Crippen LogP contribution in [0.3, 0.4) is 0 Å². The second-order valence-corrected chi connectivity index (χ2v) is 5.48. The van der Waals surface area contributed by atoms with E-state index in [9.17, 15) is 13.6 Å². The molecule has 0 spiro atoms. The molecule has 0 aliphatic rings. The smallest absolute Gasteiger partial charge is 0.388 e. The third-order valence-electron chi connectivity index (χ3n) is 3.80. The molecule has 1 amide bonds. The number of aromatic nitrogens is 5. The summed E-state index contributed by atoms with van der Waals surface area (Å²) in [4.78, 5) is 16.1. The van der Waals surface area contributed by atoms with Crippen molar-refractivity contribution in [1.82, 2.24) is 24.4 Å². The van der Waals surface area contributed by atoms with Crippen LogP contribution >= 0.6 is 0 Å². The Kier molecular flexibility index (Phi) is 3.99. The van der Waals surface area contributed by atoms with E-state index in [4.69, 9.17) is 5.73 Å². The maximum atomic E-state index is 12.9. The van der Waals surface area contributed by atoms with Gasteiger partial charge in [0.05, 0.1) is 11.3 Å². The number of hydrogen-bond acceptors (Lipinski definition) is 5. The van der Waals surface area contributed by atoms with Gasteiger partial charge in [-0.25, -0.2) is 14.2 Å². The lowest BCUT2D eigenvalue weighted by Crippen LogP contribution is -2.12. The maximum absolute atomic E-state index is 12.9. The van der Waals surface area contributed by atoms with Crippen LogP contribution in [0.15, 0.2) is 55.0 Å². The molecule has 1 aromatic carbocycles. The first-order valence-corrected chi connectivity index (χ1v) is 7.78. The Hall–Kier alpha value is -3.82. The van der Waals surface area contributed by atoms with Crippen LogP contribution < -0.4 is 10.5 Å². The number of amides is 1. The number of benzene rings is 1. The maximum Gasteiger partial charge on any atom is 0.388 e. The number of alkyl halides is 2. The molecule has 0 radical (unpaired) electrons. The van der Waals surface area contributed by atoms with Gasteiger partial charge in [0.2, 0.25) is 5.88 Å². The standard InChI is InChI=1S/C17H12F2N6O2/c18-17(19)27-16-11(9-25(23-16)10-5-2-1-3-6-10)13-12(14(20)26)15-21-7-4-8-24(15)22-13/h1-9,17H,(H2,20,26). The van der Waals surface area contributed by atoms with E-state index in [0.29, 0.717) is 5.69 Å². The van der Waals surface area contributed by atoms with E-state index >= 15 is 0 Å². The predicted molar refractivity (Wildman–Crippen MR) is 90.7 cm³/mol. The van der Waals surface area contributed by atoms with Crippen molar-refractivity contribution in [2.24, 2.45) is 5.73 Å². The summed E-state index contributed by atoms with van der Waals surface area (Å²) in [5.74, 6) is -1.17. The second-order valence-electron chi connectivity index (χ2n) is 5.48. The molecule has 4 aromatic rings. The number of ether oxygens (including phenoxy) is 1. The van der Waals surface area contributed by atoms with Crippen LogP contribution in [0.25, 0.3) is 22.6 Å². The van der Waals surface area contributed by atoms with Crippen LogP contribution in [0.2, 0.25) is 0 Å². The van der Waals surface area contributed by atoms with E-state index in [1.54, 1.807) is 36.5 Å². The van der Waals surface area contributed by atoms with Gasteiger partial charge in [0.25, 0.3) is 5.91 Å². The van der Waals surface area contributed by atoms with Gasteiger partial charge in [-0.05, 0) is 18.2 Å². The normalized spacial score (nSPS) is 11.2. The number of carbonyl (C=O) groups is 1. The molecule has 0 fully saturated rings. The molecule has 136 valence electrons. The lowest BCUT2D eigenvalue weighted by Gasteiger charge is -2.02. The highest BCUT2D eigenvalue weighted by atomic mass is 19.3. The molecule has 3 aromatic heterocycles. The summed E-state index contributed by atoms with van der Waals surface area (Å²) in [6, 6.07) is 10.4. The molecule has 0 unspecified atom stereocenters. The second kappa shape index (κ2) is 6.48. The van der Waals surface area contributed by atoms with E-state index in [1.165, 1.54) is 21.6 Å². The van der Waals surface area contributed by atoms with Crippen LogP contribution in [0, 0.1) is 0 Å². The van der Waals surface area contributed by atoms with Gasteiger partial charge in [0.1, 0.15) is 11.3 Å². The lowest BCUT2D eigenvalue weighted by atomic mass is 10.1. The topological polar surface area (TPSA) is 100 Å².